The number of nitrogens with zero attached hydrogens (tertiary/aromatic N) is 6. The number of hydrogen-bond acceptors (Lipinski definition) is 9. The van der Waals surface area contributed by atoms with E-state index in [9.17, 15) is 9.90 Å². The lowest BCUT2D eigenvalue weighted by Gasteiger charge is -2.47. The van der Waals surface area contributed by atoms with Gasteiger partial charge in [0.15, 0.2) is 0 Å². The van der Waals surface area contributed by atoms with Crippen LogP contribution in [0.2, 0.25) is 0 Å². The van der Waals surface area contributed by atoms with Crippen LogP contribution in [0, 0.1) is 0 Å². The Labute approximate surface area is 215 Å². The molecule has 11 heteroatoms. The molecule has 1 N–H and O–H groups in total. The summed E-state index contributed by atoms with van der Waals surface area (Å²) in [5, 5.41) is 10.7. The first-order valence-corrected chi connectivity index (χ1v) is 13.1. The number of carbonyl (C=O) groups is 1. The van der Waals surface area contributed by atoms with E-state index in [1.165, 1.54) is 5.57 Å². The van der Waals surface area contributed by atoms with E-state index in [4.69, 9.17) is 24.2 Å². The van der Waals surface area contributed by atoms with E-state index in [0.29, 0.717) is 36.4 Å². The monoisotopic (exact) mass is 508 g/mol. The number of rotatable bonds is 4. The maximum atomic E-state index is 12.1. The quantitative estimate of drug-likeness (QED) is 0.617. The van der Waals surface area contributed by atoms with E-state index in [1.54, 1.807) is 18.2 Å². The van der Waals surface area contributed by atoms with Gasteiger partial charge in [-0.3, -0.25) is 9.80 Å². The number of carboxylic acid groups (broad SMARTS) is 1. The number of ether oxygens (including phenoxy) is 3. The first-order valence-electron chi connectivity index (χ1n) is 13.1. The maximum absolute atomic E-state index is 12.1. The molecule has 7 heterocycles. The minimum atomic E-state index is -0.871. The predicted molar refractivity (Wildman–Crippen MR) is 134 cm³/mol. The fraction of sp³-hybridized carbons (Fsp3) is 0.615. The fourth-order valence-electron chi connectivity index (χ4n) is 7.52. The SMILES string of the molecule is C=C1CN2C[C@H](OC)CC2(COc2nc3c4c(nccc4n2)OC(C)C2C4CCC(CN32)N4C(=O)O)C1. The fourth-order valence-corrected chi connectivity index (χ4v) is 7.52. The topological polar surface area (TPSA) is 113 Å². The predicted octanol–water partition coefficient (Wildman–Crippen LogP) is 2.30. The molecule has 0 saturated carbocycles. The summed E-state index contributed by atoms with van der Waals surface area (Å²) in [4.78, 5) is 32.6. The molecule has 11 nitrogen and oxygen atoms in total. The number of methoxy groups -OCH3 is 1. The summed E-state index contributed by atoms with van der Waals surface area (Å²) in [7, 11) is 1.76. The van der Waals surface area contributed by atoms with Gasteiger partial charge in [0.2, 0.25) is 5.88 Å². The molecule has 0 radical (unpaired) electrons. The van der Waals surface area contributed by atoms with Crippen molar-refractivity contribution in [3.05, 3.63) is 24.4 Å². The van der Waals surface area contributed by atoms with Crippen LogP contribution in [0.3, 0.4) is 0 Å². The van der Waals surface area contributed by atoms with Crippen LogP contribution >= 0.6 is 0 Å². The molecule has 0 aromatic carbocycles. The Morgan fingerprint density at radius 1 is 1.32 bits per heavy atom. The first-order chi connectivity index (χ1) is 17.9. The maximum Gasteiger partial charge on any atom is 0.407 e. The molecule has 4 saturated heterocycles. The van der Waals surface area contributed by atoms with Crippen molar-refractivity contribution in [3.8, 4) is 11.9 Å². The molecule has 5 aliphatic heterocycles. The highest BCUT2D eigenvalue weighted by Crippen LogP contribution is 2.45. The van der Waals surface area contributed by atoms with E-state index in [-0.39, 0.29) is 35.9 Å². The van der Waals surface area contributed by atoms with E-state index >= 15 is 0 Å². The number of hydrogen-bond donors (Lipinski definition) is 1. The number of fused-ring (bicyclic) bond motifs is 6. The Balaban J connectivity index is 1.26. The summed E-state index contributed by atoms with van der Waals surface area (Å²) >= 11 is 0. The van der Waals surface area contributed by atoms with Crippen LogP contribution < -0.4 is 14.4 Å². The molecule has 2 aromatic rings. The minimum Gasteiger partial charge on any atom is -0.472 e. The van der Waals surface area contributed by atoms with Crippen LogP contribution in [0.1, 0.15) is 32.6 Å². The van der Waals surface area contributed by atoms with Crippen LogP contribution in [0.4, 0.5) is 10.6 Å². The molecule has 0 aliphatic carbocycles. The highest BCUT2D eigenvalue weighted by Gasteiger charge is 2.53. The number of anilines is 1. The van der Waals surface area contributed by atoms with Crippen LogP contribution in [0.15, 0.2) is 24.4 Å². The number of piperazine rings is 1. The Morgan fingerprint density at radius 2 is 2.19 bits per heavy atom. The van der Waals surface area contributed by atoms with Crippen molar-refractivity contribution in [3.63, 3.8) is 0 Å². The molecule has 196 valence electrons. The lowest BCUT2D eigenvalue weighted by atomic mass is 9.93. The van der Waals surface area contributed by atoms with Crippen molar-refractivity contribution in [2.75, 3.05) is 38.3 Å². The van der Waals surface area contributed by atoms with Gasteiger partial charge >= 0.3 is 12.1 Å². The van der Waals surface area contributed by atoms with Crippen LogP contribution in [0.5, 0.6) is 11.9 Å². The van der Waals surface area contributed by atoms with Gasteiger partial charge in [-0.25, -0.2) is 9.78 Å². The summed E-state index contributed by atoms with van der Waals surface area (Å²) in [5.74, 6) is 1.19. The second-order valence-corrected chi connectivity index (χ2v) is 11.2. The molecule has 6 atom stereocenters. The molecule has 2 aromatic heterocycles. The molecular formula is C26H32N6O5. The standard InChI is InChI=1S/C26H32N6O5/c1-14-8-26(9-17(35-3)12-30(26)10-14)13-36-24-28-18-6-7-27-23-20(18)22(29-24)31-11-16-4-5-19(32(16)25(33)34)21(31)15(2)37-23/h6-7,15-17,19,21H,1,4-5,8-13H2,2-3H3,(H,33,34)/t15?,16?,17-,19?,21?,26?/m1/s1. The summed E-state index contributed by atoms with van der Waals surface area (Å²) in [6.45, 7) is 8.94. The number of pyridine rings is 1. The molecule has 5 aliphatic rings. The molecule has 4 fully saturated rings. The highest BCUT2D eigenvalue weighted by atomic mass is 16.5. The van der Waals surface area contributed by atoms with Gasteiger partial charge in [-0.2, -0.15) is 9.97 Å². The Bertz CT molecular complexity index is 1290. The van der Waals surface area contributed by atoms with Gasteiger partial charge in [-0.1, -0.05) is 12.2 Å². The van der Waals surface area contributed by atoms with Crippen molar-refractivity contribution in [2.45, 2.75) is 68.5 Å². The Morgan fingerprint density at radius 3 is 3.00 bits per heavy atom. The summed E-state index contributed by atoms with van der Waals surface area (Å²) < 4.78 is 18.4. The smallest absolute Gasteiger partial charge is 0.407 e. The molecule has 5 unspecified atom stereocenters. The molecule has 37 heavy (non-hydrogen) atoms. The summed E-state index contributed by atoms with van der Waals surface area (Å²) in [6, 6.07) is 1.73. The Kier molecular flexibility index (Phi) is 5.07. The van der Waals surface area contributed by atoms with Crippen molar-refractivity contribution in [1.82, 2.24) is 24.8 Å². The molecule has 1 amide bonds. The van der Waals surface area contributed by atoms with Crippen LogP contribution in [0.25, 0.3) is 10.9 Å². The van der Waals surface area contributed by atoms with Crippen molar-refractivity contribution in [2.24, 2.45) is 0 Å². The normalized spacial score (nSPS) is 34.3. The average Bonchev–Trinajstić information content (AvgIpc) is 3.44. The first kappa shape index (κ1) is 23.0. The van der Waals surface area contributed by atoms with Gasteiger partial charge in [-0.15, -0.1) is 0 Å². The molecule has 0 spiro atoms. The number of aromatic nitrogens is 3. The second kappa shape index (κ2) is 8.16. The second-order valence-electron chi connectivity index (χ2n) is 11.2. The van der Waals surface area contributed by atoms with E-state index in [0.717, 1.165) is 44.2 Å². The lowest BCUT2D eigenvalue weighted by molar-refractivity contribution is 0.0706. The zero-order valence-corrected chi connectivity index (χ0v) is 21.2. The van der Waals surface area contributed by atoms with Gasteiger partial charge in [0, 0.05) is 32.9 Å². The molecule has 2 bridgehead atoms. The minimum absolute atomic E-state index is 0.0834. The van der Waals surface area contributed by atoms with E-state index < -0.39 is 6.09 Å². The third-order valence-electron chi connectivity index (χ3n) is 9.01. The molecular weight excluding hydrogens is 476 g/mol. The van der Waals surface area contributed by atoms with Crippen molar-refractivity contribution >= 4 is 22.8 Å². The van der Waals surface area contributed by atoms with E-state index in [2.05, 4.69) is 21.4 Å². The van der Waals surface area contributed by atoms with Gasteiger partial charge < -0.3 is 24.2 Å². The molecule has 7 rings (SSSR count). The lowest BCUT2D eigenvalue weighted by Crippen LogP contribution is -2.64. The highest BCUT2D eigenvalue weighted by molar-refractivity contribution is 5.94. The van der Waals surface area contributed by atoms with Gasteiger partial charge in [-0.05, 0) is 38.7 Å². The van der Waals surface area contributed by atoms with Crippen LogP contribution in [-0.4, -0.2) is 105 Å². The van der Waals surface area contributed by atoms with Crippen molar-refractivity contribution in [1.29, 1.82) is 0 Å². The van der Waals surface area contributed by atoms with Gasteiger partial charge in [0.05, 0.1) is 35.3 Å². The zero-order chi connectivity index (χ0) is 25.5. The summed E-state index contributed by atoms with van der Waals surface area (Å²) in [5.41, 5.74) is 1.75. The number of amides is 1. The zero-order valence-electron chi connectivity index (χ0n) is 21.2. The largest absolute Gasteiger partial charge is 0.472 e. The Hall–Kier alpha value is -3.18. The van der Waals surface area contributed by atoms with Gasteiger partial charge in [0.1, 0.15) is 23.9 Å². The van der Waals surface area contributed by atoms with Crippen molar-refractivity contribution < 1.29 is 24.1 Å². The van der Waals surface area contributed by atoms with Crippen LogP contribution in [-0.2, 0) is 4.74 Å². The average molecular weight is 509 g/mol. The summed E-state index contributed by atoms with van der Waals surface area (Å²) in [6.07, 6.45) is 4.10. The van der Waals surface area contributed by atoms with Gasteiger partial charge in [0.25, 0.3) is 0 Å². The third-order valence-corrected chi connectivity index (χ3v) is 9.01. The van der Waals surface area contributed by atoms with E-state index in [1.807, 2.05) is 13.0 Å². The third kappa shape index (κ3) is 3.40.